The Morgan fingerprint density at radius 3 is 2.28 bits per heavy atom. The van der Waals surface area contributed by atoms with Crippen molar-refractivity contribution in [1.82, 2.24) is 4.47 Å². The summed E-state index contributed by atoms with van der Waals surface area (Å²) in [5, 5.41) is 0. The normalized spacial score (nSPS) is 21.6. The Morgan fingerprint density at radius 2 is 1.68 bits per heavy atom. The molecule has 0 saturated carbocycles. The number of sulfonamides is 1. The predicted molar refractivity (Wildman–Crippen MR) is 95.5 cm³/mol. The number of benzene rings is 2. The summed E-state index contributed by atoms with van der Waals surface area (Å²) in [6, 6.07) is 15.4. The summed E-state index contributed by atoms with van der Waals surface area (Å²) in [5.74, 6) is 0.739. The standard InChI is InChI=1S/C19H21NO4S/c1-14-13-15(2)20(25(21,22)18-7-5-4-6-8-18)24-19(14)16-9-11-17(23-3)12-10-16/h4-13,15,19H,1-3H3. The Kier molecular flexibility index (Phi) is 4.94. The van der Waals surface area contributed by atoms with Gasteiger partial charge < -0.3 is 4.74 Å². The maximum absolute atomic E-state index is 12.9. The topological polar surface area (TPSA) is 55.8 Å². The van der Waals surface area contributed by atoms with Gasteiger partial charge in [0.1, 0.15) is 11.9 Å². The summed E-state index contributed by atoms with van der Waals surface area (Å²) in [4.78, 5) is 6.14. The summed E-state index contributed by atoms with van der Waals surface area (Å²) in [6.45, 7) is 3.74. The van der Waals surface area contributed by atoms with Gasteiger partial charge in [0, 0.05) is 0 Å². The lowest BCUT2D eigenvalue weighted by molar-refractivity contribution is -0.143. The lowest BCUT2D eigenvalue weighted by atomic mass is 10.00. The minimum absolute atomic E-state index is 0.211. The van der Waals surface area contributed by atoms with E-state index in [-0.39, 0.29) is 10.9 Å². The predicted octanol–water partition coefficient (Wildman–Crippen LogP) is 3.71. The van der Waals surface area contributed by atoms with E-state index in [0.717, 1.165) is 21.4 Å². The third-order valence-electron chi connectivity index (χ3n) is 4.16. The van der Waals surface area contributed by atoms with E-state index in [0.29, 0.717) is 0 Å². The van der Waals surface area contributed by atoms with Crippen molar-refractivity contribution in [2.45, 2.75) is 30.9 Å². The molecule has 25 heavy (non-hydrogen) atoms. The highest BCUT2D eigenvalue weighted by atomic mass is 32.2. The molecule has 1 aliphatic heterocycles. The van der Waals surface area contributed by atoms with Crippen LogP contribution in [0, 0.1) is 0 Å². The molecular formula is C19H21NO4S. The summed E-state index contributed by atoms with van der Waals surface area (Å²) >= 11 is 0. The molecule has 2 aromatic carbocycles. The molecule has 0 N–H and O–H groups in total. The van der Waals surface area contributed by atoms with Gasteiger partial charge in [0.25, 0.3) is 10.0 Å². The van der Waals surface area contributed by atoms with Gasteiger partial charge in [-0.3, -0.25) is 4.84 Å². The Balaban J connectivity index is 1.95. The molecule has 0 amide bonds. The largest absolute Gasteiger partial charge is 0.497 e. The second-order valence-corrected chi connectivity index (χ2v) is 7.76. The number of hydroxylamine groups is 1. The van der Waals surface area contributed by atoms with E-state index in [1.807, 2.05) is 37.3 Å². The molecule has 132 valence electrons. The zero-order valence-electron chi connectivity index (χ0n) is 14.4. The maximum Gasteiger partial charge on any atom is 0.265 e. The molecule has 1 heterocycles. The highest BCUT2D eigenvalue weighted by Crippen LogP contribution is 2.35. The van der Waals surface area contributed by atoms with Gasteiger partial charge in [-0.05, 0) is 49.2 Å². The lowest BCUT2D eigenvalue weighted by Gasteiger charge is -2.35. The van der Waals surface area contributed by atoms with Crippen LogP contribution in [0.4, 0.5) is 0 Å². The molecule has 0 bridgehead atoms. The molecule has 0 radical (unpaired) electrons. The van der Waals surface area contributed by atoms with Crippen LogP contribution in [0.25, 0.3) is 0 Å². The number of ether oxygens (including phenoxy) is 1. The first kappa shape index (κ1) is 17.7. The van der Waals surface area contributed by atoms with Gasteiger partial charge in [-0.2, -0.15) is 0 Å². The van der Waals surface area contributed by atoms with Gasteiger partial charge in [0.05, 0.1) is 18.0 Å². The van der Waals surface area contributed by atoms with Crippen LogP contribution in [0.2, 0.25) is 0 Å². The first-order chi connectivity index (χ1) is 11.9. The molecule has 2 unspecified atom stereocenters. The first-order valence-corrected chi connectivity index (χ1v) is 9.46. The van der Waals surface area contributed by atoms with E-state index in [4.69, 9.17) is 9.57 Å². The summed E-state index contributed by atoms with van der Waals surface area (Å²) in [7, 11) is -2.14. The van der Waals surface area contributed by atoms with Crippen molar-refractivity contribution in [2.75, 3.05) is 7.11 Å². The second kappa shape index (κ2) is 7.00. The number of hydrogen-bond donors (Lipinski definition) is 0. The van der Waals surface area contributed by atoms with Crippen molar-refractivity contribution in [2.24, 2.45) is 0 Å². The molecule has 0 saturated heterocycles. The van der Waals surface area contributed by atoms with E-state index in [1.165, 1.54) is 0 Å². The van der Waals surface area contributed by atoms with Crippen LogP contribution >= 0.6 is 0 Å². The van der Waals surface area contributed by atoms with Crippen LogP contribution in [0.15, 0.2) is 71.1 Å². The van der Waals surface area contributed by atoms with Gasteiger partial charge in [-0.15, -0.1) is 0 Å². The van der Waals surface area contributed by atoms with Crippen LogP contribution in [0.3, 0.4) is 0 Å². The minimum Gasteiger partial charge on any atom is -0.497 e. The molecular weight excluding hydrogens is 338 g/mol. The maximum atomic E-state index is 12.9. The third-order valence-corrected chi connectivity index (χ3v) is 5.92. The molecule has 2 atom stereocenters. The van der Waals surface area contributed by atoms with Crippen molar-refractivity contribution >= 4 is 10.0 Å². The van der Waals surface area contributed by atoms with Crippen molar-refractivity contribution in [3.8, 4) is 5.75 Å². The Morgan fingerprint density at radius 1 is 1.04 bits per heavy atom. The number of nitrogens with zero attached hydrogens (tertiary/aromatic N) is 1. The van der Waals surface area contributed by atoms with Gasteiger partial charge in [-0.25, -0.2) is 8.42 Å². The molecule has 2 aromatic rings. The molecule has 6 heteroatoms. The Bertz CT molecular complexity index is 860. The fourth-order valence-corrected chi connectivity index (χ4v) is 4.29. The van der Waals surface area contributed by atoms with Gasteiger partial charge in [0.15, 0.2) is 0 Å². The Hall–Kier alpha value is -2.15. The molecule has 0 fully saturated rings. The fraction of sp³-hybridized carbons (Fsp3) is 0.263. The third kappa shape index (κ3) is 3.46. The number of hydrogen-bond acceptors (Lipinski definition) is 4. The van der Waals surface area contributed by atoms with Crippen LogP contribution < -0.4 is 4.74 Å². The highest BCUT2D eigenvalue weighted by molar-refractivity contribution is 7.89. The fourth-order valence-electron chi connectivity index (χ4n) is 2.89. The summed E-state index contributed by atoms with van der Waals surface area (Å²) in [5.41, 5.74) is 1.84. The molecule has 1 aliphatic rings. The van der Waals surface area contributed by atoms with Crippen LogP contribution in [-0.4, -0.2) is 26.0 Å². The minimum atomic E-state index is -3.75. The summed E-state index contributed by atoms with van der Waals surface area (Å²) in [6.07, 6.45) is 1.46. The average molecular weight is 359 g/mol. The van der Waals surface area contributed by atoms with Crippen molar-refractivity contribution in [1.29, 1.82) is 0 Å². The van der Waals surface area contributed by atoms with Gasteiger partial charge >= 0.3 is 0 Å². The lowest BCUT2D eigenvalue weighted by Crippen LogP contribution is -2.41. The SMILES string of the molecule is COc1ccc(C2ON(S(=O)(=O)c3ccccc3)C(C)C=C2C)cc1. The Labute approximate surface area is 148 Å². The van der Waals surface area contributed by atoms with E-state index < -0.39 is 16.1 Å². The number of rotatable bonds is 4. The van der Waals surface area contributed by atoms with Crippen LogP contribution in [0.1, 0.15) is 25.5 Å². The van der Waals surface area contributed by atoms with E-state index in [1.54, 1.807) is 44.4 Å². The first-order valence-electron chi connectivity index (χ1n) is 8.02. The molecule has 0 aromatic heterocycles. The monoisotopic (exact) mass is 359 g/mol. The molecule has 0 aliphatic carbocycles. The zero-order valence-corrected chi connectivity index (χ0v) is 15.2. The zero-order chi connectivity index (χ0) is 18.0. The van der Waals surface area contributed by atoms with Gasteiger partial charge in [0.2, 0.25) is 0 Å². The highest BCUT2D eigenvalue weighted by Gasteiger charge is 2.36. The van der Waals surface area contributed by atoms with Crippen LogP contribution in [0.5, 0.6) is 5.75 Å². The summed E-state index contributed by atoms with van der Waals surface area (Å²) < 4.78 is 32.1. The smallest absolute Gasteiger partial charge is 0.265 e. The average Bonchev–Trinajstić information content (AvgIpc) is 2.62. The quantitative estimate of drug-likeness (QED) is 0.781. The van der Waals surface area contributed by atoms with Crippen molar-refractivity contribution in [3.63, 3.8) is 0 Å². The van der Waals surface area contributed by atoms with Crippen molar-refractivity contribution in [3.05, 3.63) is 71.8 Å². The van der Waals surface area contributed by atoms with E-state index >= 15 is 0 Å². The molecule has 5 nitrogen and oxygen atoms in total. The van der Waals surface area contributed by atoms with Gasteiger partial charge in [-0.1, -0.05) is 40.9 Å². The van der Waals surface area contributed by atoms with Crippen molar-refractivity contribution < 1.29 is 18.0 Å². The number of methoxy groups -OCH3 is 1. The molecule has 3 rings (SSSR count). The van der Waals surface area contributed by atoms with E-state index in [9.17, 15) is 8.42 Å². The second-order valence-electron chi connectivity index (χ2n) is 5.98. The van der Waals surface area contributed by atoms with E-state index in [2.05, 4.69) is 0 Å². The molecule has 0 spiro atoms. The van der Waals surface area contributed by atoms with Crippen LogP contribution in [-0.2, 0) is 14.9 Å².